The van der Waals surface area contributed by atoms with Crippen molar-refractivity contribution >= 4 is 11.4 Å². The van der Waals surface area contributed by atoms with Crippen molar-refractivity contribution in [2.45, 2.75) is 26.7 Å². The van der Waals surface area contributed by atoms with E-state index in [0.717, 1.165) is 34.5 Å². The van der Waals surface area contributed by atoms with Crippen LogP contribution in [-0.2, 0) is 7.05 Å². The Balaban J connectivity index is 1.75. The van der Waals surface area contributed by atoms with E-state index in [1.165, 1.54) is 0 Å². The number of aromatic nitrogens is 4. The number of fused-ring (bicyclic) bond motifs is 1. The van der Waals surface area contributed by atoms with Gasteiger partial charge >= 0.3 is 0 Å². The molecule has 0 aliphatic heterocycles. The number of carbonyl (C=O) groups excluding carboxylic acids is 1. The lowest BCUT2D eigenvalue weighted by atomic mass is 9.98. The maximum atomic E-state index is 12.9. The molecular formula is C25H28N4O3. The number of Topliss-reactive ketones (excluding diaryl/α,β-unsaturated/α-hetero) is 1. The average Bonchev–Trinajstić information content (AvgIpc) is 3.42. The second kappa shape index (κ2) is 8.86. The molecule has 7 nitrogen and oxygen atoms in total. The summed E-state index contributed by atoms with van der Waals surface area (Å²) in [6, 6.07) is 7.82. The number of hydrogen-bond donors (Lipinski definition) is 0. The molecule has 0 amide bonds. The summed E-state index contributed by atoms with van der Waals surface area (Å²) >= 11 is 0. The van der Waals surface area contributed by atoms with Gasteiger partial charge in [0, 0.05) is 37.0 Å². The summed E-state index contributed by atoms with van der Waals surface area (Å²) in [5.74, 6) is 1.49. The molecule has 0 saturated heterocycles. The fourth-order valence-electron chi connectivity index (χ4n) is 3.82. The molecule has 0 saturated carbocycles. The number of ketones is 1. The van der Waals surface area contributed by atoms with Gasteiger partial charge in [-0.1, -0.05) is 13.8 Å². The van der Waals surface area contributed by atoms with Gasteiger partial charge in [0.2, 0.25) is 0 Å². The fourth-order valence-corrected chi connectivity index (χ4v) is 3.82. The van der Waals surface area contributed by atoms with E-state index in [2.05, 4.69) is 23.9 Å². The maximum absolute atomic E-state index is 12.9. The van der Waals surface area contributed by atoms with Crippen LogP contribution in [0.2, 0.25) is 0 Å². The molecule has 0 N–H and O–H groups in total. The van der Waals surface area contributed by atoms with Crippen LogP contribution >= 0.6 is 0 Å². The minimum Gasteiger partial charge on any atom is -0.496 e. The summed E-state index contributed by atoms with van der Waals surface area (Å²) in [7, 11) is 5.05. The van der Waals surface area contributed by atoms with E-state index in [1.54, 1.807) is 18.9 Å². The summed E-state index contributed by atoms with van der Waals surface area (Å²) in [4.78, 5) is 17.5. The minimum absolute atomic E-state index is 0.0261. The third kappa shape index (κ3) is 4.10. The number of methoxy groups -OCH3 is 2. The van der Waals surface area contributed by atoms with E-state index in [-0.39, 0.29) is 5.78 Å². The summed E-state index contributed by atoms with van der Waals surface area (Å²) in [6.07, 6.45) is 8.88. The van der Waals surface area contributed by atoms with Gasteiger partial charge in [0.05, 0.1) is 32.3 Å². The predicted octanol–water partition coefficient (Wildman–Crippen LogP) is 5.04. The smallest absolute Gasteiger partial charge is 0.170 e. The average molecular weight is 433 g/mol. The van der Waals surface area contributed by atoms with Crippen molar-refractivity contribution in [3.63, 3.8) is 0 Å². The minimum atomic E-state index is 0.0261. The van der Waals surface area contributed by atoms with Crippen molar-refractivity contribution in [1.29, 1.82) is 0 Å². The van der Waals surface area contributed by atoms with E-state index >= 15 is 0 Å². The highest BCUT2D eigenvalue weighted by molar-refractivity contribution is 6.02. The molecule has 3 heterocycles. The molecule has 1 aromatic carbocycles. The Morgan fingerprint density at radius 1 is 1.03 bits per heavy atom. The zero-order valence-electron chi connectivity index (χ0n) is 19.1. The van der Waals surface area contributed by atoms with Crippen molar-refractivity contribution < 1.29 is 14.3 Å². The zero-order chi connectivity index (χ0) is 22.8. The van der Waals surface area contributed by atoms with Crippen molar-refractivity contribution in [2.75, 3.05) is 14.2 Å². The zero-order valence-corrected chi connectivity index (χ0v) is 19.1. The highest BCUT2D eigenvalue weighted by atomic mass is 16.5. The number of aryl methyl sites for hydroxylation is 1. The molecule has 0 radical (unpaired) electrons. The Hall–Kier alpha value is -3.61. The van der Waals surface area contributed by atoms with Crippen molar-refractivity contribution in [1.82, 2.24) is 19.2 Å². The third-order valence-electron chi connectivity index (χ3n) is 5.58. The molecule has 0 unspecified atom stereocenters. The highest BCUT2D eigenvalue weighted by Crippen LogP contribution is 2.37. The number of benzene rings is 1. The first kappa shape index (κ1) is 21.6. The number of rotatable bonds is 8. The summed E-state index contributed by atoms with van der Waals surface area (Å²) in [6.45, 7) is 4.21. The number of nitrogens with zero attached hydrogens (tertiary/aromatic N) is 4. The molecule has 0 aliphatic carbocycles. The van der Waals surface area contributed by atoms with Gasteiger partial charge in [0.1, 0.15) is 22.7 Å². The van der Waals surface area contributed by atoms with Crippen LogP contribution in [0.25, 0.3) is 28.0 Å². The van der Waals surface area contributed by atoms with E-state index in [4.69, 9.17) is 9.47 Å². The van der Waals surface area contributed by atoms with Crippen LogP contribution in [-0.4, -0.2) is 39.2 Å². The summed E-state index contributed by atoms with van der Waals surface area (Å²) in [5.41, 5.74) is 5.14. The van der Waals surface area contributed by atoms with E-state index < -0.39 is 0 Å². The molecule has 32 heavy (non-hydrogen) atoms. The van der Waals surface area contributed by atoms with Gasteiger partial charge in [-0.15, -0.1) is 0 Å². The molecule has 4 aromatic rings. The second-order valence-corrected chi connectivity index (χ2v) is 8.30. The van der Waals surface area contributed by atoms with Gasteiger partial charge in [0.15, 0.2) is 5.78 Å². The highest BCUT2D eigenvalue weighted by Gasteiger charge is 2.21. The molecule has 7 heteroatoms. The van der Waals surface area contributed by atoms with Gasteiger partial charge in [-0.25, -0.2) is 4.98 Å². The Morgan fingerprint density at radius 2 is 1.75 bits per heavy atom. The molecule has 0 spiro atoms. The first-order valence-electron chi connectivity index (χ1n) is 10.7. The third-order valence-corrected chi connectivity index (χ3v) is 5.58. The van der Waals surface area contributed by atoms with Crippen LogP contribution in [0.4, 0.5) is 0 Å². The summed E-state index contributed by atoms with van der Waals surface area (Å²) < 4.78 is 15.0. The molecule has 0 bridgehead atoms. The van der Waals surface area contributed by atoms with Crippen molar-refractivity contribution in [3.05, 3.63) is 54.6 Å². The number of hydrogen-bond acceptors (Lipinski definition) is 5. The van der Waals surface area contributed by atoms with Gasteiger partial charge in [0.25, 0.3) is 0 Å². The number of carbonyl (C=O) groups is 1. The van der Waals surface area contributed by atoms with Gasteiger partial charge in [-0.2, -0.15) is 5.10 Å². The van der Waals surface area contributed by atoms with Gasteiger partial charge < -0.3 is 9.47 Å². The SMILES string of the molecule is COc1cc(-c2cnc3cc(-c4cnn(C)c4)ccn23)cc(OC)c1C(=O)CCC(C)C. The van der Waals surface area contributed by atoms with Crippen LogP contribution in [0.1, 0.15) is 37.0 Å². The largest absolute Gasteiger partial charge is 0.496 e. The van der Waals surface area contributed by atoms with Crippen LogP contribution in [0, 0.1) is 5.92 Å². The molecule has 0 aliphatic rings. The lowest BCUT2D eigenvalue weighted by Gasteiger charge is -2.15. The van der Waals surface area contributed by atoms with Gasteiger partial charge in [-0.05, 0) is 42.2 Å². The number of ether oxygens (including phenoxy) is 2. The van der Waals surface area contributed by atoms with Crippen LogP contribution < -0.4 is 9.47 Å². The molecule has 166 valence electrons. The second-order valence-electron chi connectivity index (χ2n) is 8.30. The van der Waals surface area contributed by atoms with Crippen LogP contribution in [0.5, 0.6) is 11.5 Å². The molecule has 4 rings (SSSR count). The van der Waals surface area contributed by atoms with E-state index in [9.17, 15) is 4.79 Å². The van der Waals surface area contributed by atoms with E-state index in [0.29, 0.717) is 29.4 Å². The van der Waals surface area contributed by atoms with Crippen molar-refractivity contribution in [3.8, 4) is 33.9 Å². The Bertz CT molecular complexity index is 1240. The Kier molecular flexibility index (Phi) is 5.99. The first-order valence-corrected chi connectivity index (χ1v) is 10.7. The Morgan fingerprint density at radius 3 is 2.34 bits per heavy atom. The monoisotopic (exact) mass is 432 g/mol. The Labute approximate surface area is 187 Å². The molecule has 3 aromatic heterocycles. The number of pyridine rings is 1. The lowest BCUT2D eigenvalue weighted by molar-refractivity contribution is 0.0969. The van der Waals surface area contributed by atoms with E-state index in [1.807, 2.05) is 60.5 Å². The maximum Gasteiger partial charge on any atom is 0.170 e. The topological polar surface area (TPSA) is 70.7 Å². The molecule has 0 fully saturated rings. The van der Waals surface area contributed by atoms with Gasteiger partial charge in [-0.3, -0.25) is 13.9 Å². The molecular weight excluding hydrogens is 404 g/mol. The lowest BCUT2D eigenvalue weighted by Crippen LogP contribution is -2.07. The quantitative estimate of drug-likeness (QED) is 0.365. The predicted molar refractivity (Wildman–Crippen MR) is 124 cm³/mol. The fraction of sp³-hybridized carbons (Fsp3) is 0.320. The number of imidazole rings is 1. The first-order chi connectivity index (χ1) is 15.4. The van der Waals surface area contributed by atoms with Crippen molar-refractivity contribution in [2.24, 2.45) is 13.0 Å². The van der Waals surface area contributed by atoms with Crippen LogP contribution in [0.15, 0.2) is 49.1 Å². The summed E-state index contributed by atoms with van der Waals surface area (Å²) in [5, 5.41) is 4.24. The standard InChI is InChI=1S/C25H28N4O3/c1-16(2)6-7-21(30)25-22(31-4)10-18(11-23(25)32-5)20-14-26-24-12-17(8-9-29(20)24)19-13-27-28(3)15-19/h8-16H,6-7H2,1-5H3. The normalized spacial score (nSPS) is 11.3. The van der Waals surface area contributed by atoms with Crippen LogP contribution in [0.3, 0.4) is 0 Å². The molecule has 0 atom stereocenters.